The molecule has 6 heteroatoms. The van der Waals surface area contributed by atoms with Gasteiger partial charge in [0.15, 0.2) is 5.16 Å². The van der Waals surface area contributed by atoms with E-state index in [1.165, 1.54) is 27.5 Å². The maximum Gasteiger partial charge on any atom is 0.343 e. The third-order valence-electron chi connectivity index (χ3n) is 3.04. The van der Waals surface area contributed by atoms with E-state index in [-0.39, 0.29) is 17.0 Å². The van der Waals surface area contributed by atoms with Gasteiger partial charge in [-0.05, 0) is 25.0 Å². The first-order valence-corrected chi connectivity index (χ1v) is 6.98. The van der Waals surface area contributed by atoms with Gasteiger partial charge in [0.1, 0.15) is 0 Å². The van der Waals surface area contributed by atoms with E-state index in [0.29, 0.717) is 5.16 Å². The molecule has 19 heavy (non-hydrogen) atoms. The van der Waals surface area contributed by atoms with Gasteiger partial charge >= 0.3 is 5.69 Å². The van der Waals surface area contributed by atoms with Gasteiger partial charge in [0.05, 0.1) is 5.25 Å². The number of hydrogen-bond donors (Lipinski definition) is 2. The molecular formula is C13H18N4OS. The number of H-pyrrole nitrogens is 1. The molecule has 5 nitrogen and oxygen atoms in total. The Morgan fingerprint density at radius 1 is 1.42 bits per heavy atom. The fourth-order valence-corrected chi connectivity index (χ4v) is 3.08. The van der Waals surface area contributed by atoms with Crippen LogP contribution in [0.3, 0.4) is 0 Å². The van der Waals surface area contributed by atoms with E-state index in [9.17, 15) is 4.79 Å². The van der Waals surface area contributed by atoms with Crippen molar-refractivity contribution in [2.24, 2.45) is 12.8 Å². The Morgan fingerprint density at radius 2 is 2.11 bits per heavy atom. The Kier molecular flexibility index (Phi) is 4.11. The first-order chi connectivity index (χ1) is 9.00. The molecule has 0 aliphatic carbocycles. The van der Waals surface area contributed by atoms with E-state index in [1.54, 1.807) is 7.05 Å². The van der Waals surface area contributed by atoms with Gasteiger partial charge in [0, 0.05) is 13.1 Å². The predicted molar refractivity (Wildman–Crippen MR) is 77.3 cm³/mol. The van der Waals surface area contributed by atoms with E-state index < -0.39 is 0 Å². The summed E-state index contributed by atoms with van der Waals surface area (Å²) >= 11 is 1.51. The minimum Gasteiger partial charge on any atom is -0.327 e. The minimum atomic E-state index is -0.212. The number of aromatic amines is 1. The van der Waals surface area contributed by atoms with Crippen LogP contribution in [-0.2, 0) is 7.05 Å². The Bertz CT molecular complexity index is 617. The lowest BCUT2D eigenvalue weighted by atomic mass is 10.0. The summed E-state index contributed by atoms with van der Waals surface area (Å²) in [5.41, 5.74) is 8.25. The van der Waals surface area contributed by atoms with Crippen LogP contribution in [0.4, 0.5) is 0 Å². The zero-order chi connectivity index (χ0) is 14.0. The van der Waals surface area contributed by atoms with Crippen molar-refractivity contribution in [2.45, 2.75) is 30.3 Å². The maximum atomic E-state index is 11.4. The van der Waals surface area contributed by atoms with Crippen molar-refractivity contribution in [3.63, 3.8) is 0 Å². The minimum absolute atomic E-state index is 0.0436. The molecule has 3 N–H and O–H groups in total. The maximum absolute atomic E-state index is 11.4. The summed E-state index contributed by atoms with van der Waals surface area (Å²) < 4.78 is 1.50. The van der Waals surface area contributed by atoms with E-state index in [2.05, 4.69) is 29.3 Å². The molecule has 1 aromatic heterocycles. The normalized spacial score (nSPS) is 14.3. The van der Waals surface area contributed by atoms with E-state index >= 15 is 0 Å². The van der Waals surface area contributed by atoms with Crippen LogP contribution in [0.5, 0.6) is 0 Å². The van der Waals surface area contributed by atoms with Crippen molar-refractivity contribution in [3.8, 4) is 0 Å². The van der Waals surface area contributed by atoms with Gasteiger partial charge in [-0.3, -0.25) is 4.57 Å². The highest BCUT2D eigenvalue weighted by atomic mass is 32.2. The standard InChI is InChI=1S/C13H18N4OS/c1-8-6-4-5-7-10(8)11(9(2)14)19-13-16-15-12(18)17(13)3/h4-7,9,11H,14H2,1-3H3,(H,15,18). The van der Waals surface area contributed by atoms with Crippen LogP contribution < -0.4 is 11.4 Å². The Morgan fingerprint density at radius 3 is 2.63 bits per heavy atom. The Hall–Kier alpha value is -1.53. The van der Waals surface area contributed by atoms with Gasteiger partial charge < -0.3 is 5.73 Å². The van der Waals surface area contributed by atoms with E-state index in [1.807, 2.05) is 19.1 Å². The molecule has 2 aromatic rings. The molecule has 0 radical (unpaired) electrons. The lowest BCUT2D eigenvalue weighted by Gasteiger charge is -2.21. The number of aryl methyl sites for hydroxylation is 1. The molecule has 0 aliphatic heterocycles. The Labute approximate surface area is 116 Å². The van der Waals surface area contributed by atoms with Crippen molar-refractivity contribution in [2.75, 3.05) is 0 Å². The second-order valence-electron chi connectivity index (χ2n) is 4.62. The SMILES string of the molecule is Cc1ccccc1C(Sc1n[nH]c(=O)n1C)C(C)N. The number of nitrogens with zero attached hydrogens (tertiary/aromatic N) is 2. The fourth-order valence-electron chi connectivity index (χ4n) is 1.91. The first kappa shape index (κ1) is 13.9. The van der Waals surface area contributed by atoms with Crippen LogP contribution in [-0.4, -0.2) is 20.8 Å². The molecular weight excluding hydrogens is 260 g/mol. The molecule has 2 rings (SSSR count). The summed E-state index contributed by atoms with van der Waals surface area (Å²) in [6.07, 6.45) is 0. The van der Waals surface area contributed by atoms with E-state index in [0.717, 1.165) is 0 Å². The smallest absolute Gasteiger partial charge is 0.327 e. The summed E-state index contributed by atoms with van der Waals surface area (Å²) in [6, 6.07) is 8.10. The number of hydrogen-bond acceptors (Lipinski definition) is 4. The molecule has 2 unspecified atom stereocenters. The molecule has 0 amide bonds. The second-order valence-corrected chi connectivity index (χ2v) is 5.73. The van der Waals surface area contributed by atoms with Gasteiger partial charge in [-0.25, -0.2) is 9.89 Å². The highest BCUT2D eigenvalue weighted by Gasteiger charge is 2.21. The third kappa shape index (κ3) is 2.90. The molecule has 0 saturated heterocycles. The third-order valence-corrected chi connectivity index (χ3v) is 4.56. The lowest BCUT2D eigenvalue weighted by Crippen LogP contribution is -2.24. The molecule has 0 fully saturated rings. The van der Waals surface area contributed by atoms with Crippen molar-refractivity contribution in [1.29, 1.82) is 0 Å². The van der Waals surface area contributed by atoms with Crippen molar-refractivity contribution in [3.05, 3.63) is 45.9 Å². The predicted octanol–water partition coefficient (Wildman–Crippen LogP) is 1.60. The largest absolute Gasteiger partial charge is 0.343 e. The highest BCUT2D eigenvalue weighted by molar-refractivity contribution is 7.99. The molecule has 1 heterocycles. The lowest BCUT2D eigenvalue weighted by molar-refractivity contribution is 0.704. The van der Waals surface area contributed by atoms with Crippen LogP contribution in [0.2, 0.25) is 0 Å². The zero-order valence-corrected chi connectivity index (χ0v) is 12.1. The number of nitrogens with two attached hydrogens (primary N) is 1. The van der Waals surface area contributed by atoms with Gasteiger partial charge in [0.2, 0.25) is 0 Å². The number of nitrogens with one attached hydrogen (secondary N) is 1. The molecule has 2 atom stereocenters. The highest BCUT2D eigenvalue weighted by Crippen LogP contribution is 2.36. The summed E-state index contributed by atoms with van der Waals surface area (Å²) in [5.74, 6) is 0. The molecule has 0 aliphatic rings. The average molecular weight is 278 g/mol. The number of thioether (sulfide) groups is 1. The summed E-state index contributed by atoms with van der Waals surface area (Å²) in [5, 5.41) is 7.18. The molecule has 0 saturated carbocycles. The molecule has 0 bridgehead atoms. The van der Waals surface area contributed by atoms with Gasteiger partial charge in [0.25, 0.3) is 0 Å². The van der Waals surface area contributed by atoms with Crippen molar-refractivity contribution < 1.29 is 0 Å². The zero-order valence-electron chi connectivity index (χ0n) is 11.3. The van der Waals surface area contributed by atoms with Crippen LogP contribution in [0.15, 0.2) is 34.2 Å². The average Bonchev–Trinajstić information content (AvgIpc) is 2.68. The molecule has 102 valence electrons. The quantitative estimate of drug-likeness (QED) is 0.833. The monoisotopic (exact) mass is 278 g/mol. The number of benzene rings is 1. The number of rotatable bonds is 4. The van der Waals surface area contributed by atoms with Gasteiger partial charge in [-0.1, -0.05) is 36.0 Å². The van der Waals surface area contributed by atoms with Gasteiger partial charge in [-0.15, -0.1) is 5.10 Å². The van der Waals surface area contributed by atoms with E-state index in [4.69, 9.17) is 5.73 Å². The van der Waals surface area contributed by atoms with Crippen molar-refractivity contribution in [1.82, 2.24) is 14.8 Å². The van der Waals surface area contributed by atoms with Crippen LogP contribution in [0, 0.1) is 6.92 Å². The first-order valence-electron chi connectivity index (χ1n) is 6.10. The van der Waals surface area contributed by atoms with Crippen molar-refractivity contribution >= 4 is 11.8 Å². The summed E-state index contributed by atoms with van der Waals surface area (Å²) in [4.78, 5) is 11.4. The summed E-state index contributed by atoms with van der Waals surface area (Å²) in [7, 11) is 1.70. The topological polar surface area (TPSA) is 76.7 Å². The molecule has 1 aromatic carbocycles. The molecule has 0 spiro atoms. The number of aromatic nitrogens is 3. The van der Waals surface area contributed by atoms with Crippen LogP contribution >= 0.6 is 11.8 Å². The van der Waals surface area contributed by atoms with Crippen LogP contribution in [0.25, 0.3) is 0 Å². The fraction of sp³-hybridized carbons (Fsp3) is 0.385. The Balaban J connectivity index is 2.35. The van der Waals surface area contributed by atoms with Crippen LogP contribution in [0.1, 0.15) is 23.3 Å². The second kappa shape index (κ2) is 5.63. The van der Waals surface area contributed by atoms with Gasteiger partial charge in [-0.2, -0.15) is 0 Å². The summed E-state index contributed by atoms with van der Waals surface area (Å²) in [6.45, 7) is 4.03.